The zero-order valence-electron chi connectivity index (χ0n) is 31.1. The normalized spacial score (nSPS) is 14.9. The second kappa shape index (κ2) is 17.1. The zero-order valence-corrected chi connectivity index (χ0v) is 31.1. The summed E-state index contributed by atoms with van der Waals surface area (Å²) >= 11 is 0. The maximum atomic E-state index is 13.9. The molecule has 2 N–H and O–H groups in total. The van der Waals surface area contributed by atoms with Gasteiger partial charge in [0.2, 0.25) is 0 Å². The zero-order chi connectivity index (χ0) is 37.4. The predicted octanol–water partition coefficient (Wildman–Crippen LogP) is 7.64. The monoisotopic (exact) mass is 714 g/mol. The molecule has 0 saturated heterocycles. The van der Waals surface area contributed by atoms with Gasteiger partial charge in [-0.05, 0) is 76.5 Å². The molecule has 0 saturated carbocycles. The summed E-state index contributed by atoms with van der Waals surface area (Å²) in [5.41, 5.74) is 6.81. The smallest absolute Gasteiger partial charge is 0.410 e. The Bertz CT molecular complexity index is 1940. The van der Waals surface area contributed by atoms with Crippen molar-refractivity contribution < 1.29 is 33.3 Å². The molecule has 0 spiro atoms. The molecule has 0 fully saturated rings. The summed E-state index contributed by atoms with van der Waals surface area (Å²) in [5, 5.41) is 15.2. The van der Waals surface area contributed by atoms with Crippen LogP contribution in [0.25, 0.3) is 27.2 Å². The number of hydrogen-bond acceptors (Lipinski definition) is 8. The van der Waals surface area contributed by atoms with Crippen molar-refractivity contribution in [1.82, 2.24) is 19.9 Å². The number of carbonyl (C=O) groups is 2. The van der Waals surface area contributed by atoms with Gasteiger partial charge in [-0.25, -0.2) is 19.4 Å². The largest absolute Gasteiger partial charge is 0.493 e. The van der Waals surface area contributed by atoms with Crippen LogP contribution in [0.2, 0.25) is 0 Å². The second-order valence-corrected chi connectivity index (χ2v) is 13.9. The van der Waals surface area contributed by atoms with Gasteiger partial charge in [0.1, 0.15) is 17.0 Å². The first-order valence-electron chi connectivity index (χ1n) is 18.0. The highest BCUT2D eigenvalue weighted by molar-refractivity contribution is 6.03. The third kappa shape index (κ3) is 8.59. The molecule has 2 heterocycles. The van der Waals surface area contributed by atoms with E-state index in [2.05, 4.69) is 17.6 Å². The van der Waals surface area contributed by atoms with Gasteiger partial charge in [-0.15, -0.1) is 0 Å². The van der Waals surface area contributed by atoms with E-state index < -0.39 is 23.7 Å². The number of para-hydroxylation sites is 1. The van der Waals surface area contributed by atoms with E-state index >= 15 is 0 Å². The van der Waals surface area contributed by atoms with E-state index in [1.807, 2.05) is 73.9 Å². The van der Waals surface area contributed by atoms with Crippen molar-refractivity contribution in [3.05, 3.63) is 95.6 Å². The van der Waals surface area contributed by atoms with Gasteiger partial charge in [-0.2, -0.15) is 0 Å². The van der Waals surface area contributed by atoms with Crippen LogP contribution in [0, 0.1) is 0 Å². The first kappa shape index (κ1) is 38.4. The summed E-state index contributed by atoms with van der Waals surface area (Å²) in [6, 6.07) is 19.4. The molecule has 1 amide bonds. The summed E-state index contributed by atoms with van der Waals surface area (Å²) in [7, 11) is 3.49. The van der Waals surface area contributed by atoms with Crippen LogP contribution in [0.3, 0.4) is 0 Å². The van der Waals surface area contributed by atoms with Gasteiger partial charge in [-0.1, -0.05) is 54.6 Å². The van der Waals surface area contributed by atoms with Gasteiger partial charge in [-0.3, -0.25) is 0 Å². The number of hydrazine groups is 1. The number of rotatable bonds is 15. The van der Waals surface area contributed by atoms with Gasteiger partial charge in [0.05, 0.1) is 43.4 Å². The summed E-state index contributed by atoms with van der Waals surface area (Å²) in [5.74, 6) is 0.372. The summed E-state index contributed by atoms with van der Waals surface area (Å²) in [6.45, 7) is 8.56. The molecule has 4 aromatic rings. The number of aryl methyl sites for hydroxylation is 2. The number of benzene rings is 3. The van der Waals surface area contributed by atoms with Crippen molar-refractivity contribution in [3.63, 3.8) is 0 Å². The Morgan fingerprint density at radius 1 is 1.02 bits per heavy atom. The molecule has 1 atom stereocenters. The van der Waals surface area contributed by atoms with Crippen molar-refractivity contribution in [2.24, 2.45) is 0 Å². The standard InChI is InChI=1S/C41H51FN4O6/c1-7-50-39(48)38-31(20-14-26-51-35-21-12-16-28-15-8-9-17-29(28)35)30-18-13-19-32(36-33(22-23-42)43-45(6)34(36)27-47)37(30)46(38)25-11-10-24-44(5)40(49)52-41(2,3)4/h8-9,12-13,15-19,21-23,33,43,47H,7,10-11,14,20,24-27H2,1-6H3/b23-22+. The Morgan fingerprint density at radius 3 is 2.48 bits per heavy atom. The predicted molar refractivity (Wildman–Crippen MR) is 203 cm³/mol. The molecule has 0 aliphatic carbocycles. The lowest BCUT2D eigenvalue weighted by atomic mass is 9.94. The van der Waals surface area contributed by atoms with Crippen LogP contribution in [0.4, 0.5) is 9.18 Å². The van der Waals surface area contributed by atoms with E-state index in [0.29, 0.717) is 68.7 Å². The number of nitrogens with one attached hydrogen (secondary N) is 1. The number of ether oxygens (including phenoxy) is 3. The van der Waals surface area contributed by atoms with E-state index in [-0.39, 0.29) is 13.2 Å². The van der Waals surface area contributed by atoms with Crippen molar-refractivity contribution in [2.75, 3.05) is 40.5 Å². The number of aliphatic hydroxyl groups excluding tert-OH is 1. The molecule has 1 unspecified atom stereocenters. The molecule has 0 radical (unpaired) electrons. The van der Waals surface area contributed by atoms with Gasteiger partial charge < -0.3 is 33.8 Å². The Hall–Kier alpha value is -4.87. The average Bonchev–Trinajstić information content (AvgIpc) is 3.60. The SMILES string of the molecule is CCOC(=O)c1c(CCCOc2cccc3ccccc23)c2cccc(C3=C(CO)N(C)NC3/C=C/F)c2n1CCCCN(C)C(=O)OC(C)(C)C. The Labute approximate surface area is 305 Å². The molecule has 1 aromatic heterocycles. The number of nitrogens with zero attached hydrogens (tertiary/aromatic N) is 3. The molecule has 3 aromatic carbocycles. The van der Waals surface area contributed by atoms with Crippen molar-refractivity contribution in [3.8, 4) is 5.75 Å². The van der Waals surface area contributed by atoms with Gasteiger partial charge >= 0.3 is 12.1 Å². The van der Waals surface area contributed by atoms with Gasteiger partial charge in [0, 0.05) is 49.1 Å². The highest BCUT2D eigenvalue weighted by Crippen LogP contribution is 2.39. The number of amides is 1. The summed E-state index contributed by atoms with van der Waals surface area (Å²) in [6.07, 6.45) is 3.96. The van der Waals surface area contributed by atoms with E-state index in [0.717, 1.165) is 38.6 Å². The molecule has 52 heavy (non-hydrogen) atoms. The van der Waals surface area contributed by atoms with Crippen LogP contribution >= 0.6 is 0 Å². The fourth-order valence-electron chi connectivity index (χ4n) is 6.85. The molecule has 278 valence electrons. The minimum atomic E-state index is -0.600. The maximum absolute atomic E-state index is 13.9. The number of aliphatic hydroxyl groups is 1. The number of carbonyl (C=O) groups excluding carboxylic acids is 2. The summed E-state index contributed by atoms with van der Waals surface area (Å²) < 4.78 is 33.2. The van der Waals surface area contributed by atoms with Gasteiger partial charge in [0.25, 0.3) is 0 Å². The molecular weight excluding hydrogens is 663 g/mol. The van der Waals surface area contributed by atoms with Crippen LogP contribution in [-0.4, -0.2) is 83.7 Å². The number of aromatic nitrogens is 1. The van der Waals surface area contributed by atoms with E-state index in [1.165, 1.54) is 6.08 Å². The Kier molecular flexibility index (Phi) is 12.6. The molecule has 1 aliphatic heterocycles. The van der Waals surface area contributed by atoms with Crippen LogP contribution in [0.5, 0.6) is 5.75 Å². The molecule has 0 bridgehead atoms. The first-order valence-corrected chi connectivity index (χ1v) is 18.0. The number of likely N-dealkylation sites (N-methyl/N-ethyl adjacent to an activating group) is 1. The van der Waals surface area contributed by atoms with Crippen LogP contribution in [0.15, 0.2) is 78.8 Å². The first-order chi connectivity index (χ1) is 25.0. The number of esters is 1. The fourth-order valence-corrected chi connectivity index (χ4v) is 6.85. The van der Waals surface area contributed by atoms with Crippen molar-refractivity contribution in [1.29, 1.82) is 0 Å². The van der Waals surface area contributed by atoms with Gasteiger partial charge in [0.15, 0.2) is 0 Å². The highest BCUT2D eigenvalue weighted by Gasteiger charge is 2.32. The van der Waals surface area contributed by atoms with Crippen LogP contribution in [0.1, 0.15) is 68.6 Å². The maximum Gasteiger partial charge on any atom is 0.410 e. The fraction of sp³-hybridized carbons (Fsp3) is 0.415. The summed E-state index contributed by atoms with van der Waals surface area (Å²) in [4.78, 5) is 28.1. The lowest BCUT2D eigenvalue weighted by Gasteiger charge is -2.24. The van der Waals surface area contributed by atoms with E-state index in [4.69, 9.17) is 14.2 Å². The lowest BCUT2D eigenvalue weighted by molar-refractivity contribution is 0.0295. The highest BCUT2D eigenvalue weighted by atomic mass is 19.1. The van der Waals surface area contributed by atoms with Crippen molar-refractivity contribution >= 4 is 39.3 Å². The molecule has 11 heteroatoms. The minimum Gasteiger partial charge on any atom is -0.493 e. The molecular formula is C41H51FN4O6. The third-order valence-corrected chi connectivity index (χ3v) is 9.13. The average molecular weight is 715 g/mol. The number of fused-ring (bicyclic) bond motifs is 2. The molecule has 1 aliphatic rings. The topological polar surface area (TPSA) is 106 Å². The van der Waals surface area contributed by atoms with Crippen LogP contribution in [-0.2, 0) is 22.4 Å². The second-order valence-electron chi connectivity index (χ2n) is 13.9. The quantitative estimate of drug-likeness (QED) is 0.0957. The Morgan fingerprint density at radius 2 is 1.75 bits per heavy atom. The number of unbranched alkanes of at least 4 members (excludes halogenated alkanes) is 1. The lowest BCUT2D eigenvalue weighted by Crippen LogP contribution is -2.34. The van der Waals surface area contributed by atoms with E-state index in [9.17, 15) is 19.1 Å². The minimum absolute atomic E-state index is 0.204. The van der Waals surface area contributed by atoms with E-state index in [1.54, 1.807) is 30.9 Å². The molecule has 10 nitrogen and oxygen atoms in total. The third-order valence-electron chi connectivity index (χ3n) is 9.13. The number of hydrogen-bond donors (Lipinski definition) is 2. The van der Waals surface area contributed by atoms with Crippen LogP contribution < -0.4 is 10.2 Å². The van der Waals surface area contributed by atoms with Crippen molar-refractivity contribution in [2.45, 2.75) is 71.6 Å². The number of halogens is 1. The Balaban J connectivity index is 1.53. The molecule has 5 rings (SSSR count).